The maximum Gasteiger partial charge on any atom is 0.414 e. The summed E-state index contributed by atoms with van der Waals surface area (Å²) in [5, 5.41) is 8.92. The first-order chi connectivity index (χ1) is 9.28. The van der Waals surface area contributed by atoms with Crippen molar-refractivity contribution in [2.75, 3.05) is 31.3 Å². The van der Waals surface area contributed by atoms with Crippen molar-refractivity contribution >= 4 is 11.8 Å². The first kappa shape index (κ1) is 11.7. The van der Waals surface area contributed by atoms with E-state index in [9.17, 15) is 4.79 Å². The van der Waals surface area contributed by atoms with Gasteiger partial charge in [-0.25, -0.2) is 4.79 Å². The molecule has 2 heterocycles. The summed E-state index contributed by atoms with van der Waals surface area (Å²) in [6, 6.07) is 7.36. The number of cyclic esters (lactones) is 1. The monoisotopic (exact) mass is 260 g/mol. The van der Waals surface area contributed by atoms with Gasteiger partial charge >= 0.3 is 6.09 Å². The van der Waals surface area contributed by atoms with Crippen molar-refractivity contribution in [2.45, 2.75) is 0 Å². The first-order valence-electron chi connectivity index (χ1n) is 6.01. The van der Waals surface area contributed by atoms with Crippen LogP contribution >= 0.6 is 0 Å². The van der Waals surface area contributed by atoms with E-state index in [0.29, 0.717) is 36.9 Å². The lowest BCUT2D eigenvalue weighted by Crippen LogP contribution is -2.42. The van der Waals surface area contributed by atoms with Gasteiger partial charge in [0.05, 0.1) is 17.7 Å². The van der Waals surface area contributed by atoms with E-state index in [1.54, 1.807) is 18.2 Å². The summed E-state index contributed by atoms with van der Waals surface area (Å²) in [6.07, 6.45) is -0.442. The molecule has 0 spiro atoms. The zero-order valence-electron chi connectivity index (χ0n) is 10.2. The average molecular weight is 260 g/mol. The zero-order valence-corrected chi connectivity index (χ0v) is 10.2. The van der Waals surface area contributed by atoms with Crippen molar-refractivity contribution in [3.8, 4) is 17.6 Å². The van der Waals surface area contributed by atoms with Crippen LogP contribution in [0.5, 0.6) is 11.5 Å². The Morgan fingerprint density at radius 3 is 2.79 bits per heavy atom. The SMILES string of the molecule is N#CC1COC(=O)N(c2ccc3c(c2)OCCO3)C1. The fraction of sp³-hybridized carbons (Fsp3) is 0.385. The smallest absolute Gasteiger partial charge is 0.414 e. The maximum atomic E-state index is 11.7. The molecule has 1 unspecified atom stereocenters. The van der Waals surface area contributed by atoms with Crippen molar-refractivity contribution in [2.24, 2.45) is 5.92 Å². The molecule has 2 aliphatic rings. The minimum Gasteiger partial charge on any atom is -0.486 e. The van der Waals surface area contributed by atoms with Crippen LogP contribution in [0.25, 0.3) is 0 Å². The number of carbonyl (C=O) groups is 1. The molecule has 3 rings (SSSR count). The molecule has 0 saturated carbocycles. The number of hydrogen-bond donors (Lipinski definition) is 0. The van der Waals surface area contributed by atoms with Gasteiger partial charge in [0, 0.05) is 12.6 Å². The predicted molar refractivity (Wildman–Crippen MR) is 65.2 cm³/mol. The van der Waals surface area contributed by atoms with Gasteiger partial charge < -0.3 is 14.2 Å². The molecule has 1 amide bonds. The van der Waals surface area contributed by atoms with Crippen LogP contribution in [-0.2, 0) is 4.74 Å². The highest BCUT2D eigenvalue weighted by atomic mass is 16.6. The molecule has 0 aromatic heterocycles. The third-order valence-corrected chi connectivity index (χ3v) is 3.05. The molecule has 1 fully saturated rings. The topological polar surface area (TPSA) is 71.8 Å². The van der Waals surface area contributed by atoms with Crippen LogP contribution in [0, 0.1) is 17.2 Å². The van der Waals surface area contributed by atoms with Crippen molar-refractivity contribution in [1.29, 1.82) is 5.26 Å². The molecule has 1 aromatic carbocycles. The van der Waals surface area contributed by atoms with Gasteiger partial charge in [-0.3, -0.25) is 4.90 Å². The summed E-state index contributed by atoms with van der Waals surface area (Å²) in [7, 11) is 0. The Kier molecular flexibility index (Phi) is 2.88. The number of rotatable bonds is 1. The summed E-state index contributed by atoms with van der Waals surface area (Å²) in [5.74, 6) is 0.957. The number of amides is 1. The van der Waals surface area contributed by atoms with Gasteiger partial charge in [-0.15, -0.1) is 0 Å². The number of hydrogen-bond acceptors (Lipinski definition) is 5. The number of benzene rings is 1. The van der Waals surface area contributed by atoms with Crippen molar-refractivity contribution in [1.82, 2.24) is 0 Å². The molecular weight excluding hydrogens is 248 g/mol. The van der Waals surface area contributed by atoms with E-state index in [1.165, 1.54) is 4.90 Å². The summed E-state index contributed by atoms with van der Waals surface area (Å²) in [5.41, 5.74) is 0.647. The summed E-state index contributed by atoms with van der Waals surface area (Å²) in [6.45, 7) is 1.49. The molecule has 0 bridgehead atoms. The van der Waals surface area contributed by atoms with Gasteiger partial charge in [0.1, 0.15) is 19.8 Å². The van der Waals surface area contributed by atoms with Gasteiger partial charge in [-0.05, 0) is 12.1 Å². The second-order valence-corrected chi connectivity index (χ2v) is 4.34. The Morgan fingerprint density at radius 1 is 1.21 bits per heavy atom. The Hall–Kier alpha value is -2.42. The van der Waals surface area contributed by atoms with E-state index < -0.39 is 6.09 Å². The lowest BCUT2D eigenvalue weighted by Gasteiger charge is -2.30. The highest BCUT2D eigenvalue weighted by Gasteiger charge is 2.29. The summed E-state index contributed by atoms with van der Waals surface area (Å²) < 4.78 is 15.9. The van der Waals surface area contributed by atoms with Crippen LogP contribution in [0.1, 0.15) is 0 Å². The number of ether oxygens (including phenoxy) is 3. The van der Waals surface area contributed by atoms with Gasteiger partial charge in [-0.1, -0.05) is 0 Å². The van der Waals surface area contributed by atoms with Gasteiger partial charge in [0.25, 0.3) is 0 Å². The first-order valence-corrected chi connectivity index (χ1v) is 6.01. The van der Waals surface area contributed by atoms with E-state index in [1.807, 2.05) is 0 Å². The molecular formula is C13H12N2O4. The van der Waals surface area contributed by atoms with E-state index >= 15 is 0 Å². The number of nitriles is 1. The highest BCUT2D eigenvalue weighted by molar-refractivity contribution is 5.89. The number of carbonyl (C=O) groups excluding carboxylic acids is 1. The fourth-order valence-electron chi connectivity index (χ4n) is 2.09. The van der Waals surface area contributed by atoms with Gasteiger partial charge in [0.2, 0.25) is 0 Å². The van der Waals surface area contributed by atoms with Crippen LogP contribution in [0.3, 0.4) is 0 Å². The molecule has 0 N–H and O–H groups in total. The standard InChI is InChI=1S/C13H12N2O4/c14-6-9-7-15(13(16)19-8-9)10-1-2-11-12(5-10)18-4-3-17-11/h1-2,5,9H,3-4,7-8H2. The summed E-state index contributed by atoms with van der Waals surface area (Å²) >= 11 is 0. The van der Waals surface area contributed by atoms with E-state index in [0.717, 1.165) is 0 Å². The van der Waals surface area contributed by atoms with Crippen molar-refractivity contribution in [3.05, 3.63) is 18.2 Å². The number of nitrogens with zero attached hydrogens (tertiary/aromatic N) is 2. The molecule has 19 heavy (non-hydrogen) atoms. The third kappa shape index (κ3) is 2.15. The minimum absolute atomic E-state index is 0.149. The van der Waals surface area contributed by atoms with E-state index in [4.69, 9.17) is 19.5 Å². The fourth-order valence-corrected chi connectivity index (χ4v) is 2.09. The second-order valence-electron chi connectivity index (χ2n) is 4.34. The van der Waals surface area contributed by atoms with Crippen LogP contribution in [0.15, 0.2) is 18.2 Å². The Morgan fingerprint density at radius 2 is 2.00 bits per heavy atom. The minimum atomic E-state index is -0.442. The van der Waals surface area contributed by atoms with Crippen LogP contribution in [0.4, 0.5) is 10.5 Å². The second kappa shape index (κ2) is 4.69. The van der Waals surface area contributed by atoms with Crippen molar-refractivity contribution in [3.63, 3.8) is 0 Å². The molecule has 2 aliphatic heterocycles. The predicted octanol–water partition coefficient (Wildman–Crippen LogP) is 1.55. The molecule has 1 atom stereocenters. The Labute approximate surface area is 110 Å². The van der Waals surface area contributed by atoms with Crippen molar-refractivity contribution < 1.29 is 19.0 Å². The number of fused-ring (bicyclic) bond motifs is 1. The highest BCUT2D eigenvalue weighted by Crippen LogP contribution is 2.34. The third-order valence-electron chi connectivity index (χ3n) is 3.05. The van der Waals surface area contributed by atoms with Crippen LogP contribution in [0.2, 0.25) is 0 Å². The lowest BCUT2D eigenvalue weighted by molar-refractivity contribution is 0.127. The van der Waals surface area contributed by atoms with E-state index in [-0.39, 0.29) is 12.5 Å². The largest absolute Gasteiger partial charge is 0.486 e. The molecule has 6 nitrogen and oxygen atoms in total. The Balaban J connectivity index is 1.88. The normalized spacial score (nSPS) is 21.5. The van der Waals surface area contributed by atoms with Crippen LogP contribution in [-0.4, -0.2) is 32.5 Å². The molecule has 98 valence electrons. The molecule has 1 saturated heterocycles. The summed E-state index contributed by atoms with van der Waals surface area (Å²) in [4.78, 5) is 13.2. The number of anilines is 1. The van der Waals surface area contributed by atoms with Gasteiger partial charge in [0.15, 0.2) is 11.5 Å². The zero-order chi connectivity index (χ0) is 13.2. The molecule has 6 heteroatoms. The van der Waals surface area contributed by atoms with E-state index in [2.05, 4.69) is 6.07 Å². The molecule has 0 radical (unpaired) electrons. The lowest BCUT2D eigenvalue weighted by atomic mass is 10.1. The van der Waals surface area contributed by atoms with Gasteiger partial charge in [-0.2, -0.15) is 5.26 Å². The molecule has 0 aliphatic carbocycles. The maximum absolute atomic E-state index is 11.7. The Bertz CT molecular complexity index is 552. The molecule has 1 aromatic rings. The quantitative estimate of drug-likeness (QED) is 0.766. The van der Waals surface area contributed by atoms with Crippen LogP contribution < -0.4 is 14.4 Å². The average Bonchev–Trinajstić information content (AvgIpc) is 2.47.